The highest BCUT2D eigenvalue weighted by atomic mass is 32.2. The maximum atomic E-state index is 13.8. The van der Waals surface area contributed by atoms with Crippen LogP contribution in [0.15, 0.2) is 70.6 Å². The molecule has 0 N–H and O–H groups in total. The number of hydrogen-bond donors (Lipinski definition) is 0. The van der Waals surface area contributed by atoms with Gasteiger partial charge in [0.25, 0.3) is 5.56 Å². The quantitative estimate of drug-likeness (QED) is 0.267. The van der Waals surface area contributed by atoms with E-state index in [9.17, 15) is 4.79 Å². The molecule has 0 unspecified atom stereocenters. The fraction of sp³-hybridized carbons (Fsp3) is 0.308. The molecule has 0 atom stereocenters. The van der Waals surface area contributed by atoms with Crippen molar-refractivity contribution in [2.75, 3.05) is 0 Å². The highest BCUT2D eigenvalue weighted by Crippen LogP contribution is 2.37. The Morgan fingerprint density at radius 3 is 2.47 bits per heavy atom. The van der Waals surface area contributed by atoms with Crippen LogP contribution in [0, 0.1) is 0 Å². The number of benzene rings is 2. The second-order valence-corrected chi connectivity index (χ2v) is 10.8. The van der Waals surface area contributed by atoms with Gasteiger partial charge in [-0.2, -0.15) is 0 Å². The molecule has 2 aromatic heterocycles. The van der Waals surface area contributed by atoms with Gasteiger partial charge in [0.1, 0.15) is 4.83 Å². The average molecular weight is 463 g/mol. The molecule has 4 aromatic rings. The van der Waals surface area contributed by atoms with Gasteiger partial charge in [-0.25, -0.2) is 4.98 Å². The molecule has 0 amide bonds. The maximum absolute atomic E-state index is 13.8. The van der Waals surface area contributed by atoms with E-state index in [0.717, 1.165) is 44.4 Å². The molecule has 2 aromatic carbocycles. The molecule has 4 nitrogen and oxygen atoms in total. The van der Waals surface area contributed by atoms with Gasteiger partial charge in [0.2, 0.25) is 0 Å². The van der Waals surface area contributed by atoms with Crippen LogP contribution in [-0.4, -0.2) is 15.2 Å². The SMILES string of the molecule is CC1(C)Cc2c(sc3nc(SCc4ccccc4)n(CCc4ccccc4)c(=O)c23)CO1. The monoisotopic (exact) mass is 462 g/mol. The summed E-state index contributed by atoms with van der Waals surface area (Å²) in [7, 11) is 0. The van der Waals surface area contributed by atoms with E-state index in [1.54, 1.807) is 23.1 Å². The first-order valence-electron chi connectivity index (χ1n) is 10.9. The first-order chi connectivity index (χ1) is 15.5. The molecule has 5 rings (SSSR count). The van der Waals surface area contributed by atoms with E-state index in [-0.39, 0.29) is 11.2 Å². The summed E-state index contributed by atoms with van der Waals surface area (Å²) < 4.78 is 7.89. The number of aromatic nitrogens is 2. The molecule has 0 saturated heterocycles. The lowest BCUT2D eigenvalue weighted by atomic mass is 9.94. The van der Waals surface area contributed by atoms with Crippen molar-refractivity contribution in [3.05, 3.63) is 92.6 Å². The molecule has 6 heteroatoms. The maximum Gasteiger partial charge on any atom is 0.263 e. The number of thioether (sulfide) groups is 1. The number of aryl methyl sites for hydroxylation is 1. The normalized spacial score (nSPS) is 15.1. The highest BCUT2D eigenvalue weighted by Gasteiger charge is 2.31. The van der Waals surface area contributed by atoms with Crippen molar-refractivity contribution in [1.29, 1.82) is 0 Å². The Morgan fingerprint density at radius 2 is 1.75 bits per heavy atom. The minimum Gasteiger partial charge on any atom is -0.370 e. The summed E-state index contributed by atoms with van der Waals surface area (Å²) in [5, 5.41) is 1.58. The van der Waals surface area contributed by atoms with Crippen molar-refractivity contribution in [1.82, 2.24) is 9.55 Å². The second kappa shape index (κ2) is 8.85. The lowest BCUT2D eigenvalue weighted by Crippen LogP contribution is -2.32. The summed E-state index contributed by atoms with van der Waals surface area (Å²) in [5.74, 6) is 0.783. The smallest absolute Gasteiger partial charge is 0.263 e. The lowest BCUT2D eigenvalue weighted by Gasteiger charge is -2.29. The summed E-state index contributed by atoms with van der Waals surface area (Å²) in [6.45, 7) is 5.35. The molecule has 1 aliphatic heterocycles. The van der Waals surface area contributed by atoms with E-state index in [0.29, 0.717) is 13.2 Å². The zero-order valence-electron chi connectivity index (χ0n) is 18.3. The summed E-state index contributed by atoms with van der Waals surface area (Å²) >= 11 is 3.25. The van der Waals surface area contributed by atoms with Gasteiger partial charge in [0.15, 0.2) is 5.16 Å². The van der Waals surface area contributed by atoms with Crippen molar-refractivity contribution in [2.24, 2.45) is 0 Å². The Balaban J connectivity index is 1.56. The van der Waals surface area contributed by atoms with Crippen molar-refractivity contribution >= 4 is 33.3 Å². The predicted octanol–water partition coefficient (Wildman–Crippen LogP) is 5.84. The number of fused-ring (bicyclic) bond motifs is 3. The summed E-state index contributed by atoms with van der Waals surface area (Å²) in [4.78, 5) is 20.8. The van der Waals surface area contributed by atoms with E-state index >= 15 is 0 Å². The Kier molecular flexibility index (Phi) is 5.93. The summed E-state index contributed by atoms with van der Waals surface area (Å²) in [5.41, 5.74) is 3.40. The fourth-order valence-electron chi connectivity index (χ4n) is 4.12. The summed E-state index contributed by atoms with van der Waals surface area (Å²) in [6.07, 6.45) is 1.54. The second-order valence-electron chi connectivity index (χ2n) is 8.77. The Labute approximate surface area is 196 Å². The summed E-state index contributed by atoms with van der Waals surface area (Å²) in [6, 6.07) is 20.7. The van der Waals surface area contributed by atoms with E-state index in [2.05, 4.69) is 38.1 Å². The molecule has 0 spiro atoms. The van der Waals surface area contributed by atoms with E-state index in [4.69, 9.17) is 9.72 Å². The van der Waals surface area contributed by atoms with Crippen molar-refractivity contribution < 1.29 is 4.74 Å². The predicted molar refractivity (Wildman–Crippen MR) is 133 cm³/mol. The Morgan fingerprint density at radius 1 is 1.06 bits per heavy atom. The van der Waals surface area contributed by atoms with E-state index < -0.39 is 0 Å². The van der Waals surface area contributed by atoms with Crippen LogP contribution in [0.5, 0.6) is 0 Å². The molecule has 0 aliphatic carbocycles. The van der Waals surface area contributed by atoms with Crippen LogP contribution in [0.1, 0.15) is 35.4 Å². The van der Waals surface area contributed by atoms with Gasteiger partial charge < -0.3 is 4.74 Å². The van der Waals surface area contributed by atoms with Gasteiger partial charge in [-0.3, -0.25) is 9.36 Å². The van der Waals surface area contributed by atoms with Crippen LogP contribution < -0.4 is 5.56 Å². The van der Waals surface area contributed by atoms with Gasteiger partial charge in [-0.05, 0) is 37.0 Å². The largest absolute Gasteiger partial charge is 0.370 e. The van der Waals surface area contributed by atoms with Gasteiger partial charge in [0.05, 0.1) is 17.6 Å². The molecule has 0 bridgehead atoms. The molecule has 0 radical (unpaired) electrons. The van der Waals surface area contributed by atoms with E-state index in [1.807, 2.05) is 41.0 Å². The Hall–Kier alpha value is -2.41. The zero-order valence-corrected chi connectivity index (χ0v) is 20.0. The number of thiophene rings is 1. The van der Waals surface area contributed by atoms with E-state index in [1.165, 1.54) is 11.1 Å². The minimum absolute atomic E-state index is 0.0803. The number of ether oxygens (including phenoxy) is 1. The minimum atomic E-state index is -0.261. The third-order valence-electron chi connectivity index (χ3n) is 5.83. The van der Waals surface area contributed by atoms with Gasteiger partial charge in [-0.15, -0.1) is 11.3 Å². The van der Waals surface area contributed by atoms with Crippen molar-refractivity contribution in [3.63, 3.8) is 0 Å². The van der Waals surface area contributed by atoms with Gasteiger partial charge in [-0.1, -0.05) is 72.4 Å². The van der Waals surface area contributed by atoms with Crippen LogP contribution in [0.4, 0.5) is 0 Å². The van der Waals surface area contributed by atoms with Gasteiger partial charge in [0, 0.05) is 23.6 Å². The van der Waals surface area contributed by atoms with Crippen LogP contribution in [0.25, 0.3) is 10.2 Å². The number of rotatable bonds is 6. The van der Waals surface area contributed by atoms with Crippen LogP contribution in [-0.2, 0) is 36.5 Å². The van der Waals surface area contributed by atoms with Crippen molar-refractivity contribution in [3.8, 4) is 0 Å². The molecule has 0 fully saturated rings. The van der Waals surface area contributed by atoms with Gasteiger partial charge >= 0.3 is 0 Å². The number of hydrogen-bond acceptors (Lipinski definition) is 5. The number of nitrogens with zero attached hydrogens (tertiary/aromatic N) is 2. The Bertz CT molecular complexity index is 1290. The molecule has 32 heavy (non-hydrogen) atoms. The molecule has 0 saturated carbocycles. The highest BCUT2D eigenvalue weighted by molar-refractivity contribution is 7.98. The first kappa shape index (κ1) is 21.4. The van der Waals surface area contributed by atoms with Crippen molar-refractivity contribution in [2.45, 2.75) is 56.4 Å². The lowest BCUT2D eigenvalue weighted by molar-refractivity contribution is -0.0379. The fourth-order valence-corrected chi connectivity index (χ4v) is 6.25. The topological polar surface area (TPSA) is 44.1 Å². The molecule has 1 aliphatic rings. The standard InChI is InChI=1S/C26H26N2O2S2/c1-26(2)15-20-21(16-30-26)32-23-22(20)24(29)28(14-13-18-9-5-3-6-10-18)25(27-23)31-17-19-11-7-4-8-12-19/h3-12H,13-17H2,1-2H3. The zero-order chi connectivity index (χ0) is 22.1. The first-order valence-corrected chi connectivity index (χ1v) is 12.7. The van der Waals surface area contributed by atoms with Crippen LogP contribution in [0.3, 0.4) is 0 Å². The molecule has 164 valence electrons. The molecular formula is C26H26N2O2S2. The van der Waals surface area contributed by atoms with Crippen LogP contribution >= 0.6 is 23.1 Å². The molecular weight excluding hydrogens is 436 g/mol. The third kappa shape index (κ3) is 4.40. The van der Waals surface area contributed by atoms with Crippen LogP contribution in [0.2, 0.25) is 0 Å². The molecule has 3 heterocycles. The average Bonchev–Trinajstić information content (AvgIpc) is 3.15. The third-order valence-corrected chi connectivity index (χ3v) is 7.98.